The van der Waals surface area contributed by atoms with Crippen LogP contribution in [0.15, 0.2) is 48.5 Å². The van der Waals surface area contributed by atoms with Crippen molar-refractivity contribution >= 4 is 18.3 Å². The molecule has 0 bridgehead atoms. The SMILES string of the molecule is Cc1cccc(N2Cc3ccccc3P2(=O)C(C)C)c1. The van der Waals surface area contributed by atoms with Gasteiger partial charge in [-0.2, -0.15) is 0 Å². The Morgan fingerprint density at radius 3 is 2.55 bits per heavy atom. The summed E-state index contributed by atoms with van der Waals surface area (Å²) < 4.78 is 15.8. The molecule has 0 spiro atoms. The van der Waals surface area contributed by atoms with Crippen molar-refractivity contribution in [3.63, 3.8) is 0 Å². The van der Waals surface area contributed by atoms with Crippen LogP contribution in [0, 0.1) is 6.92 Å². The van der Waals surface area contributed by atoms with E-state index in [1.807, 2.05) is 24.3 Å². The molecule has 2 aromatic rings. The smallest absolute Gasteiger partial charge is 0.204 e. The first-order valence-electron chi connectivity index (χ1n) is 7.06. The molecule has 0 N–H and O–H groups in total. The molecule has 20 heavy (non-hydrogen) atoms. The van der Waals surface area contributed by atoms with E-state index in [0.29, 0.717) is 0 Å². The molecule has 0 aliphatic carbocycles. The van der Waals surface area contributed by atoms with Crippen LogP contribution in [0.5, 0.6) is 0 Å². The molecular formula is C17H20NOP. The number of hydrogen-bond acceptors (Lipinski definition) is 1. The van der Waals surface area contributed by atoms with Gasteiger partial charge in [-0.15, -0.1) is 0 Å². The molecule has 0 aromatic heterocycles. The lowest BCUT2D eigenvalue weighted by molar-refractivity contribution is 0.573. The summed E-state index contributed by atoms with van der Waals surface area (Å²) in [4.78, 5) is 0. The van der Waals surface area contributed by atoms with Gasteiger partial charge in [-0.3, -0.25) is 4.57 Å². The monoisotopic (exact) mass is 285 g/mol. The van der Waals surface area contributed by atoms with Crippen LogP contribution < -0.4 is 9.97 Å². The van der Waals surface area contributed by atoms with Crippen LogP contribution in [0.2, 0.25) is 0 Å². The van der Waals surface area contributed by atoms with E-state index in [0.717, 1.165) is 17.5 Å². The number of aryl methyl sites for hydroxylation is 1. The maximum Gasteiger partial charge on any atom is 0.204 e. The minimum Gasteiger partial charge on any atom is -0.314 e. The first kappa shape index (κ1) is 13.5. The Bertz CT molecular complexity index is 693. The highest BCUT2D eigenvalue weighted by Gasteiger charge is 2.42. The molecule has 3 heteroatoms. The molecular weight excluding hydrogens is 265 g/mol. The maximum atomic E-state index is 13.7. The van der Waals surface area contributed by atoms with Crippen LogP contribution in [0.4, 0.5) is 5.69 Å². The van der Waals surface area contributed by atoms with Crippen molar-refractivity contribution in [1.82, 2.24) is 0 Å². The van der Waals surface area contributed by atoms with Gasteiger partial charge in [-0.25, -0.2) is 0 Å². The maximum absolute atomic E-state index is 13.7. The highest BCUT2D eigenvalue weighted by Crippen LogP contribution is 2.59. The summed E-state index contributed by atoms with van der Waals surface area (Å²) in [5.41, 5.74) is 3.59. The Labute approximate surface area is 120 Å². The fourth-order valence-corrected chi connectivity index (χ4v) is 6.02. The zero-order valence-electron chi connectivity index (χ0n) is 12.2. The molecule has 1 aliphatic heterocycles. The van der Waals surface area contributed by atoms with E-state index in [2.05, 4.69) is 49.7 Å². The largest absolute Gasteiger partial charge is 0.314 e. The Hall–Kier alpha value is -1.53. The van der Waals surface area contributed by atoms with Gasteiger partial charge in [0.15, 0.2) is 0 Å². The predicted molar refractivity (Wildman–Crippen MR) is 86.2 cm³/mol. The number of hydrogen-bond donors (Lipinski definition) is 0. The van der Waals surface area contributed by atoms with Gasteiger partial charge in [0.1, 0.15) is 0 Å². The predicted octanol–water partition coefficient (Wildman–Crippen LogP) is 4.33. The summed E-state index contributed by atoms with van der Waals surface area (Å²) >= 11 is 0. The lowest BCUT2D eigenvalue weighted by atomic mass is 10.2. The van der Waals surface area contributed by atoms with Gasteiger partial charge in [0.2, 0.25) is 7.29 Å². The van der Waals surface area contributed by atoms with Crippen molar-refractivity contribution in [3.8, 4) is 0 Å². The first-order valence-corrected chi connectivity index (χ1v) is 8.79. The second-order valence-electron chi connectivity index (χ2n) is 5.74. The summed E-state index contributed by atoms with van der Waals surface area (Å²) in [5.74, 6) is 0. The number of nitrogens with zero attached hydrogens (tertiary/aromatic N) is 1. The summed E-state index contributed by atoms with van der Waals surface area (Å²) in [6.45, 7) is 6.94. The Kier molecular flexibility index (Phi) is 3.22. The molecule has 0 fully saturated rings. The molecule has 1 unspecified atom stereocenters. The topological polar surface area (TPSA) is 20.3 Å². The summed E-state index contributed by atoms with van der Waals surface area (Å²) in [5, 5.41) is 1.04. The third-order valence-corrected chi connectivity index (χ3v) is 7.63. The summed E-state index contributed by atoms with van der Waals surface area (Å²) in [6, 6.07) is 16.5. The van der Waals surface area contributed by atoms with E-state index in [1.54, 1.807) is 0 Å². The Morgan fingerprint density at radius 2 is 1.85 bits per heavy atom. The lowest BCUT2D eigenvalue weighted by Crippen LogP contribution is -2.22. The number of fused-ring (bicyclic) bond motifs is 1. The van der Waals surface area contributed by atoms with Crippen molar-refractivity contribution in [2.75, 3.05) is 4.67 Å². The van der Waals surface area contributed by atoms with E-state index >= 15 is 0 Å². The Balaban J connectivity index is 2.17. The van der Waals surface area contributed by atoms with Gasteiger partial charge >= 0.3 is 0 Å². The average molecular weight is 285 g/mol. The third-order valence-electron chi connectivity index (χ3n) is 4.02. The fourth-order valence-electron chi connectivity index (χ4n) is 2.96. The standard InChI is InChI=1S/C17H20NOP/c1-13(2)20(19)17-10-5-4-8-15(17)12-18(20)16-9-6-7-14(3)11-16/h4-11,13H,12H2,1-3H3. The summed E-state index contributed by atoms with van der Waals surface area (Å²) in [7, 11) is -2.55. The Morgan fingerprint density at radius 1 is 1.10 bits per heavy atom. The zero-order valence-corrected chi connectivity index (χ0v) is 13.1. The zero-order chi connectivity index (χ0) is 14.3. The van der Waals surface area contributed by atoms with Crippen LogP contribution in [-0.4, -0.2) is 5.66 Å². The molecule has 2 aromatic carbocycles. The molecule has 104 valence electrons. The minimum atomic E-state index is -2.55. The fraction of sp³-hybridized carbons (Fsp3) is 0.294. The van der Waals surface area contributed by atoms with Crippen molar-refractivity contribution in [2.45, 2.75) is 33.0 Å². The molecule has 0 radical (unpaired) electrons. The first-order chi connectivity index (χ1) is 9.53. The third kappa shape index (κ3) is 1.91. The van der Waals surface area contributed by atoms with Crippen LogP contribution in [-0.2, 0) is 11.1 Å². The van der Waals surface area contributed by atoms with Gasteiger partial charge < -0.3 is 4.67 Å². The van der Waals surface area contributed by atoms with Crippen LogP contribution in [0.3, 0.4) is 0 Å². The van der Waals surface area contributed by atoms with E-state index in [1.165, 1.54) is 11.1 Å². The van der Waals surface area contributed by atoms with Gasteiger partial charge in [-0.05, 0) is 36.2 Å². The molecule has 1 atom stereocenters. The van der Waals surface area contributed by atoms with Crippen molar-refractivity contribution in [2.24, 2.45) is 0 Å². The molecule has 0 amide bonds. The van der Waals surface area contributed by atoms with Crippen LogP contribution in [0.25, 0.3) is 0 Å². The van der Waals surface area contributed by atoms with Gasteiger partial charge in [0.05, 0.1) is 6.54 Å². The number of benzene rings is 2. The minimum absolute atomic E-state index is 0.117. The van der Waals surface area contributed by atoms with Crippen molar-refractivity contribution < 1.29 is 4.57 Å². The highest BCUT2D eigenvalue weighted by atomic mass is 31.2. The normalized spacial score (nSPS) is 21.3. The average Bonchev–Trinajstić information content (AvgIpc) is 2.74. The molecule has 0 saturated heterocycles. The van der Waals surface area contributed by atoms with E-state index < -0.39 is 7.29 Å². The second-order valence-corrected chi connectivity index (χ2v) is 8.99. The molecule has 1 aliphatic rings. The van der Waals surface area contributed by atoms with Crippen LogP contribution in [0.1, 0.15) is 25.0 Å². The lowest BCUT2D eigenvalue weighted by Gasteiger charge is -2.30. The van der Waals surface area contributed by atoms with Gasteiger partial charge in [-0.1, -0.05) is 44.2 Å². The molecule has 1 heterocycles. The molecule has 2 nitrogen and oxygen atoms in total. The second kappa shape index (κ2) is 4.79. The van der Waals surface area contributed by atoms with Crippen molar-refractivity contribution in [1.29, 1.82) is 0 Å². The van der Waals surface area contributed by atoms with Gasteiger partial charge in [0.25, 0.3) is 0 Å². The summed E-state index contributed by atoms with van der Waals surface area (Å²) in [6.07, 6.45) is 0. The van der Waals surface area contributed by atoms with Crippen molar-refractivity contribution in [3.05, 3.63) is 59.7 Å². The van der Waals surface area contributed by atoms with E-state index in [9.17, 15) is 4.57 Å². The number of rotatable bonds is 2. The highest BCUT2D eigenvalue weighted by molar-refractivity contribution is 7.74. The number of anilines is 1. The molecule has 3 rings (SSSR count). The van der Waals surface area contributed by atoms with E-state index in [4.69, 9.17) is 0 Å². The van der Waals surface area contributed by atoms with E-state index in [-0.39, 0.29) is 5.66 Å². The van der Waals surface area contributed by atoms with Crippen LogP contribution >= 0.6 is 7.29 Å². The van der Waals surface area contributed by atoms with Gasteiger partial charge in [0, 0.05) is 16.7 Å². The quantitative estimate of drug-likeness (QED) is 0.766. The molecule has 0 saturated carbocycles.